The summed E-state index contributed by atoms with van der Waals surface area (Å²) in [6, 6.07) is 3.61. The minimum atomic E-state index is -4.98. The van der Waals surface area contributed by atoms with E-state index in [0.29, 0.717) is 0 Å². The summed E-state index contributed by atoms with van der Waals surface area (Å²) < 4.78 is 64.4. The second-order valence-electron chi connectivity index (χ2n) is 3.76. The molecule has 8 heteroatoms. The van der Waals surface area contributed by atoms with Crippen molar-refractivity contribution >= 4 is 29.0 Å². The first-order valence-electron chi connectivity index (χ1n) is 4.77. The monoisotopic (exact) mass is 316 g/mol. The fourth-order valence-corrected chi connectivity index (χ4v) is 2.18. The van der Waals surface area contributed by atoms with E-state index in [0.717, 1.165) is 12.1 Å². The highest BCUT2D eigenvalue weighted by Gasteiger charge is 2.74. The van der Waals surface area contributed by atoms with E-state index in [1.165, 1.54) is 6.07 Å². The predicted octanol–water partition coefficient (Wildman–Crippen LogP) is 4.68. The van der Waals surface area contributed by atoms with Crippen LogP contribution in [0.25, 0.3) is 0 Å². The van der Waals surface area contributed by atoms with E-state index in [-0.39, 0.29) is 10.0 Å². The van der Waals surface area contributed by atoms with Crippen molar-refractivity contribution in [3.63, 3.8) is 0 Å². The Balaban J connectivity index is 2.57. The van der Waals surface area contributed by atoms with Gasteiger partial charge in [0.25, 0.3) is 0 Å². The Kier molecular flexibility index (Phi) is 3.14. The molecule has 0 unspecified atom stereocenters. The van der Waals surface area contributed by atoms with Crippen LogP contribution in [0.5, 0.6) is 0 Å². The average molecular weight is 317 g/mol. The summed E-state index contributed by atoms with van der Waals surface area (Å²) in [5.41, 5.74) is -2.54. The van der Waals surface area contributed by atoms with Crippen LogP contribution in [0.15, 0.2) is 29.6 Å². The van der Waals surface area contributed by atoms with Crippen molar-refractivity contribution in [1.29, 1.82) is 0 Å². The van der Waals surface area contributed by atoms with Gasteiger partial charge < -0.3 is 0 Å². The van der Waals surface area contributed by atoms with Crippen molar-refractivity contribution in [3.05, 3.63) is 45.2 Å². The van der Waals surface area contributed by atoms with Crippen LogP contribution in [-0.4, -0.2) is 17.6 Å². The second-order valence-corrected chi connectivity index (χ2v) is 4.58. The van der Waals surface area contributed by atoms with E-state index in [1.807, 2.05) is 0 Å². The first-order valence-corrected chi connectivity index (χ1v) is 5.53. The van der Waals surface area contributed by atoms with E-state index < -0.39 is 34.6 Å². The van der Waals surface area contributed by atoms with Gasteiger partial charge in [0, 0.05) is 0 Å². The third-order valence-corrected chi connectivity index (χ3v) is 3.25. The minimum absolute atomic E-state index is 0.330. The summed E-state index contributed by atoms with van der Waals surface area (Å²) in [6.07, 6.45) is 0. The Morgan fingerprint density at radius 1 is 1.00 bits per heavy atom. The maximum absolute atomic E-state index is 13.1. The molecule has 1 aliphatic carbocycles. The van der Waals surface area contributed by atoms with Crippen LogP contribution >= 0.6 is 23.2 Å². The van der Waals surface area contributed by atoms with E-state index >= 15 is 0 Å². The third kappa shape index (κ3) is 1.77. The van der Waals surface area contributed by atoms with Crippen LogP contribution in [0.3, 0.4) is 0 Å². The molecule has 19 heavy (non-hydrogen) atoms. The van der Waals surface area contributed by atoms with Gasteiger partial charge in [0.1, 0.15) is 5.57 Å². The second kappa shape index (κ2) is 4.18. The molecule has 0 fully saturated rings. The molecule has 0 saturated heterocycles. The van der Waals surface area contributed by atoms with Crippen molar-refractivity contribution < 1.29 is 26.7 Å². The smallest absolute Gasteiger partial charge is 0.289 e. The Labute approximate surface area is 113 Å². The summed E-state index contributed by atoms with van der Waals surface area (Å²) in [5, 5.41) is -0.660. The quantitative estimate of drug-likeness (QED) is 0.571. The van der Waals surface area contributed by atoms with Crippen LogP contribution in [0, 0.1) is 0 Å². The number of carbonyl (C=O) groups excluding carboxylic acids is 1. The molecule has 1 aromatic rings. The molecule has 1 aliphatic rings. The van der Waals surface area contributed by atoms with Crippen molar-refractivity contribution in [2.75, 3.05) is 0 Å². The Hall–Kier alpha value is -1.14. The molecule has 0 atom stereocenters. The van der Waals surface area contributed by atoms with Crippen LogP contribution in [0.4, 0.5) is 22.0 Å². The Morgan fingerprint density at radius 2 is 1.47 bits per heavy atom. The molecule has 0 radical (unpaired) electrons. The number of hydrogen-bond donors (Lipinski definition) is 0. The summed E-state index contributed by atoms with van der Waals surface area (Å²) in [5.74, 6) is -14.0. The van der Waals surface area contributed by atoms with E-state index in [2.05, 4.69) is 0 Å². The molecule has 0 amide bonds. The normalized spacial score (nSPS) is 20.2. The lowest BCUT2D eigenvalue weighted by Crippen LogP contribution is -2.54. The van der Waals surface area contributed by atoms with Gasteiger partial charge >= 0.3 is 11.8 Å². The molecule has 0 aromatic heterocycles. The summed E-state index contributed by atoms with van der Waals surface area (Å²) >= 11 is 11.2. The highest BCUT2D eigenvalue weighted by atomic mass is 35.5. The fraction of sp³-hybridized carbons (Fsp3) is 0.182. The Morgan fingerprint density at radius 3 is 1.89 bits per heavy atom. The van der Waals surface area contributed by atoms with Gasteiger partial charge in [-0.3, -0.25) is 4.79 Å². The molecule has 0 N–H and O–H groups in total. The lowest BCUT2D eigenvalue weighted by Gasteiger charge is -2.36. The van der Waals surface area contributed by atoms with Gasteiger partial charge in [0.05, 0.1) is 15.6 Å². The largest absolute Gasteiger partial charge is 0.366 e. The highest BCUT2D eigenvalue weighted by Crippen LogP contribution is 2.57. The van der Waals surface area contributed by atoms with Crippen molar-refractivity contribution in [2.24, 2.45) is 0 Å². The van der Waals surface area contributed by atoms with Crippen molar-refractivity contribution in [2.45, 2.75) is 11.8 Å². The molecule has 0 bridgehead atoms. The zero-order valence-electron chi connectivity index (χ0n) is 8.79. The first-order chi connectivity index (χ1) is 8.62. The number of rotatable bonds is 2. The number of benzene rings is 1. The average Bonchev–Trinajstić information content (AvgIpc) is 2.28. The molecular formula is C11H3Cl2F5O. The van der Waals surface area contributed by atoms with E-state index in [1.54, 1.807) is 0 Å². The van der Waals surface area contributed by atoms with Gasteiger partial charge in [0.2, 0.25) is 5.78 Å². The number of carbonyl (C=O) groups is 1. The molecule has 0 heterocycles. The summed E-state index contributed by atoms with van der Waals surface area (Å²) in [6.45, 7) is 0. The van der Waals surface area contributed by atoms with Gasteiger partial charge in [-0.1, -0.05) is 29.3 Å². The lowest BCUT2D eigenvalue weighted by atomic mass is 9.82. The van der Waals surface area contributed by atoms with E-state index in [9.17, 15) is 26.7 Å². The molecule has 2 rings (SSSR count). The molecule has 0 spiro atoms. The van der Waals surface area contributed by atoms with Gasteiger partial charge in [-0.05, 0) is 12.1 Å². The van der Waals surface area contributed by atoms with Gasteiger partial charge in [-0.15, -0.1) is 0 Å². The maximum Gasteiger partial charge on any atom is 0.366 e. The molecular weight excluding hydrogens is 314 g/mol. The summed E-state index contributed by atoms with van der Waals surface area (Å²) in [7, 11) is 0. The number of ketones is 1. The van der Waals surface area contributed by atoms with Crippen LogP contribution in [0.1, 0.15) is 10.4 Å². The molecule has 1 aromatic carbocycles. The maximum atomic E-state index is 13.1. The zero-order chi connectivity index (χ0) is 14.6. The van der Waals surface area contributed by atoms with Crippen molar-refractivity contribution in [3.8, 4) is 0 Å². The van der Waals surface area contributed by atoms with Crippen molar-refractivity contribution in [1.82, 2.24) is 0 Å². The Bertz CT molecular complexity index is 589. The minimum Gasteiger partial charge on any atom is -0.289 e. The van der Waals surface area contributed by atoms with Gasteiger partial charge in [0.15, 0.2) is 5.83 Å². The summed E-state index contributed by atoms with van der Waals surface area (Å²) in [4.78, 5) is 11.7. The third-order valence-electron chi connectivity index (χ3n) is 2.62. The molecule has 1 nitrogen and oxygen atoms in total. The van der Waals surface area contributed by atoms with Crippen LogP contribution < -0.4 is 0 Å². The number of halogens is 7. The van der Waals surface area contributed by atoms with E-state index in [4.69, 9.17) is 23.2 Å². The van der Waals surface area contributed by atoms with Gasteiger partial charge in [-0.25, -0.2) is 4.39 Å². The topological polar surface area (TPSA) is 17.1 Å². The van der Waals surface area contributed by atoms with Crippen LogP contribution in [-0.2, 0) is 0 Å². The first kappa shape index (κ1) is 14.3. The number of alkyl halides is 4. The SMILES string of the molecule is O=C(C1=C(F)C(F)(F)C1(F)F)c1c(Cl)cccc1Cl. The highest BCUT2D eigenvalue weighted by molar-refractivity contribution is 6.41. The molecule has 0 saturated carbocycles. The van der Waals surface area contributed by atoms with Crippen LogP contribution in [0.2, 0.25) is 10.0 Å². The van der Waals surface area contributed by atoms with Gasteiger partial charge in [-0.2, -0.15) is 17.6 Å². The lowest BCUT2D eigenvalue weighted by molar-refractivity contribution is -0.200. The zero-order valence-corrected chi connectivity index (χ0v) is 10.3. The number of Topliss-reactive ketones (excluding diaryl/α,β-unsaturated/α-hetero) is 1. The number of hydrogen-bond acceptors (Lipinski definition) is 1. The predicted molar refractivity (Wildman–Crippen MR) is 58.8 cm³/mol. The number of allylic oxidation sites excluding steroid dienone is 2. The molecule has 0 aliphatic heterocycles. The standard InChI is InChI=1S/C11H3Cl2F5O/c12-4-2-1-3-5(13)6(4)8(19)7-9(14)11(17,18)10(7,15)16/h1-3H. The fourth-order valence-electron chi connectivity index (χ4n) is 1.61. The molecule has 102 valence electrons.